The molecule has 0 radical (unpaired) electrons. The van der Waals surface area contributed by atoms with Gasteiger partial charge in [0.05, 0.1) is 0 Å². The fraction of sp³-hybridized carbons (Fsp3) is 0.294. The van der Waals surface area contributed by atoms with Gasteiger partial charge in [0.25, 0.3) is 0 Å². The van der Waals surface area contributed by atoms with Crippen molar-refractivity contribution in [3.63, 3.8) is 0 Å². The lowest BCUT2D eigenvalue weighted by Gasteiger charge is -2.12. The standard InChI is InChI=1S/C17H20P2/c18-10-12-3-1-4-13(9-12)15-5-2-6-16-14(11-19)7-8-17(15)16/h1-6,9,14H,7-8,10-11,18-19H2. The first-order chi connectivity index (χ1) is 9.33. The summed E-state index contributed by atoms with van der Waals surface area (Å²) in [6, 6.07) is 15.8. The number of hydrogen-bond acceptors (Lipinski definition) is 0. The number of hydrogen-bond donors (Lipinski definition) is 0. The zero-order valence-electron chi connectivity index (χ0n) is 11.1. The van der Waals surface area contributed by atoms with E-state index in [4.69, 9.17) is 0 Å². The van der Waals surface area contributed by atoms with E-state index < -0.39 is 0 Å². The maximum atomic E-state index is 2.90. The monoisotopic (exact) mass is 286 g/mol. The van der Waals surface area contributed by atoms with Crippen LogP contribution in [-0.2, 0) is 12.6 Å². The molecule has 1 aliphatic carbocycles. The predicted molar refractivity (Wildman–Crippen MR) is 90.9 cm³/mol. The molecule has 0 fully saturated rings. The Balaban J connectivity index is 2.09. The lowest BCUT2D eigenvalue weighted by Crippen LogP contribution is -1.94. The van der Waals surface area contributed by atoms with Gasteiger partial charge in [-0.05, 0) is 58.9 Å². The first kappa shape index (κ1) is 13.3. The molecule has 0 aliphatic heterocycles. The highest BCUT2D eigenvalue weighted by Crippen LogP contribution is 2.39. The molecule has 2 aromatic carbocycles. The van der Waals surface area contributed by atoms with E-state index >= 15 is 0 Å². The van der Waals surface area contributed by atoms with Gasteiger partial charge in [0.15, 0.2) is 0 Å². The van der Waals surface area contributed by atoms with Crippen molar-refractivity contribution in [2.45, 2.75) is 24.9 Å². The van der Waals surface area contributed by atoms with Crippen LogP contribution in [0, 0.1) is 0 Å². The molecular formula is C17H20P2. The molecule has 0 bridgehead atoms. The minimum absolute atomic E-state index is 0.741. The Morgan fingerprint density at radius 3 is 2.68 bits per heavy atom. The van der Waals surface area contributed by atoms with Crippen molar-refractivity contribution in [1.82, 2.24) is 0 Å². The molecule has 19 heavy (non-hydrogen) atoms. The molecule has 0 aromatic heterocycles. The SMILES string of the molecule is PCc1cccc(-c2cccc3c2CCC3CP)c1. The van der Waals surface area contributed by atoms with E-state index in [2.05, 4.69) is 60.9 Å². The van der Waals surface area contributed by atoms with E-state index in [9.17, 15) is 0 Å². The Morgan fingerprint density at radius 1 is 1.05 bits per heavy atom. The third-order valence-corrected chi connectivity index (χ3v) is 5.19. The number of benzene rings is 2. The first-order valence-corrected chi connectivity index (χ1v) is 8.58. The lowest BCUT2D eigenvalue weighted by atomic mass is 9.94. The summed E-state index contributed by atoms with van der Waals surface area (Å²) in [6.07, 6.45) is 4.74. The molecule has 98 valence electrons. The minimum Gasteiger partial charge on any atom is -0.137 e. The second kappa shape index (κ2) is 5.74. The van der Waals surface area contributed by atoms with E-state index in [1.807, 2.05) is 0 Å². The van der Waals surface area contributed by atoms with Crippen LogP contribution < -0.4 is 0 Å². The largest absolute Gasteiger partial charge is 0.137 e. The van der Waals surface area contributed by atoms with Crippen LogP contribution in [0.1, 0.15) is 29.0 Å². The Labute approximate surface area is 120 Å². The Kier molecular flexibility index (Phi) is 4.01. The van der Waals surface area contributed by atoms with E-state index in [0.29, 0.717) is 0 Å². The molecule has 0 amide bonds. The Morgan fingerprint density at radius 2 is 1.89 bits per heavy atom. The number of rotatable bonds is 3. The smallest absolute Gasteiger partial charge is 0.0121 e. The molecule has 3 atom stereocenters. The van der Waals surface area contributed by atoms with Gasteiger partial charge in [-0.25, -0.2) is 0 Å². The second-order valence-corrected chi connectivity index (χ2v) is 6.13. The summed E-state index contributed by atoms with van der Waals surface area (Å²) in [5.41, 5.74) is 7.36. The summed E-state index contributed by atoms with van der Waals surface area (Å²) >= 11 is 0. The topological polar surface area (TPSA) is 0 Å². The first-order valence-electron chi connectivity index (χ1n) is 6.94. The fourth-order valence-corrected chi connectivity index (χ4v) is 3.86. The van der Waals surface area contributed by atoms with Crippen LogP contribution in [0.25, 0.3) is 11.1 Å². The van der Waals surface area contributed by atoms with Crippen LogP contribution in [0.3, 0.4) is 0 Å². The lowest BCUT2D eigenvalue weighted by molar-refractivity contribution is 0.757. The molecule has 0 spiro atoms. The van der Waals surface area contributed by atoms with Crippen LogP contribution in [0.5, 0.6) is 0 Å². The fourth-order valence-electron chi connectivity index (χ4n) is 3.12. The second-order valence-electron chi connectivity index (χ2n) is 5.25. The highest BCUT2D eigenvalue weighted by atomic mass is 31.0. The quantitative estimate of drug-likeness (QED) is 0.721. The van der Waals surface area contributed by atoms with Gasteiger partial charge < -0.3 is 0 Å². The van der Waals surface area contributed by atoms with Crippen molar-refractivity contribution in [2.24, 2.45) is 0 Å². The third kappa shape index (κ3) is 2.49. The van der Waals surface area contributed by atoms with Crippen molar-refractivity contribution in [3.8, 4) is 11.1 Å². The maximum Gasteiger partial charge on any atom is -0.0121 e. The normalized spacial score (nSPS) is 17.5. The van der Waals surface area contributed by atoms with Gasteiger partial charge in [-0.3, -0.25) is 0 Å². The number of fused-ring (bicyclic) bond motifs is 1. The maximum absolute atomic E-state index is 2.90. The van der Waals surface area contributed by atoms with Gasteiger partial charge in [-0.2, -0.15) is 0 Å². The molecule has 2 heteroatoms. The van der Waals surface area contributed by atoms with E-state index in [-0.39, 0.29) is 0 Å². The Bertz CT molecular complexity index is 590. The summed E-state index contributed by atoms with van der Waals surface area (Å²) < 4.78 is 0. The highest BCUT2D eigenvalue weighted by molar-refractivity contribution is 7.16. The van der Waals surface area contributed by atoms with Gasteiger partial charge in [-0.1, -0.05) is 42.5 Å². The minimum atomic E-state index is 0.741. The molecular weight excluding hydrogens is 266 g/mol. The van der Waals surface area contributed by atoms with Crippen molar-refractivity contribution >= 4 is 18.5 Å². The van der Waals surface area contributed by atoms with Gasteiger partial charge in [0.1, 0.15) is 0 Å². The van der Waals surface area contributed by atoms with Crippen LogP contribution in [0.15, 0.2) is 42.5 Å². The van der Waals surface area contributed by atoms with Crippen LogP contribution >= 0.6 is 18.5 Å². The average molecular weight is 286 g/mol. The van der Waals surface area contributed by atoms with Crippen LogP contribution in [0.2, 0.25) is 0 Å². The summed E-state index contributed by atoms with van der Waals surface area (Å²) in [6.45, 7) is 0. The van der Waals surface area contributed by atoms with Gasteiger partial charge >= 0.3 is 0 Å². The zero-order valence-corrected chi connectivity index (χ0v) is 13.4. The molecule has 0 saturated heterocycles. The predicted octanol–water partition coefficient (Wildman–Crippen LogP) is 4.63. The molecule has 1 aliphatic rings. The van der Waals surface area contributed by atoms with Gasteiger partial charge in [0, 0.05) is 0 Å². The van der Waals surface area contributed by atoms with Crippen molar-refractivity contribution in [3.05, 3.63) is 59.2 Å². The van der Waals surface area contributed by atoms with Gasteiger partial charge in [0.2, 0.25) is 0 Å². The zero-order chi connectivity index (χ0) is 13.2. The molecule has 0 nitrogen and oxygen atoms in total. The van der Waals surface area contributed by atoms with Crippen molar-refractivity contribution in [1.29, 1.82) is 0 Å². The Hall–Kier alpha value is -0.700. The molecule has 0 N–H and O–H groups in total. The average Bonchev–Trinajstić information content (AvgIpc) is 2.90. The van der Waals surface area contributed by atoms with Crippen molar-refractivity contribution in [2.75, 3.05) is 6.16 Å². The third-order valence-electron chi connectivity index (χ3n) is 4.15. The molecule has 0 saturated carbocycles. The van der Waals surface area contributed by atoms with Crippen molar-refractivity contribution < 1.29 is 0 Å². The molecule has 3 unspecified atom stereocenters. The summed E-state index contributed by atoms with van der Waals surface area (Å²) in [4.78, 5) is 0. The van der Waals surface area contributed by atoms with Crippen LogP contribution in [-0.4, -0.2) is 6.16 Å². The summed E-state index contributed by atoms with van der Waals surface area (Å²) in [7, 11) is 5.71. The molecule has 0 heterocycles. The summed E-state index contributed by atoms with van der Waals surface area (Å²) in [5.74, 6) is 0.741. The van der Waals surface area contributed by atoms with Crippen LogP contribution in [0.4, 0.5) is 0 Å². The van der Waals surface area contributed by atoms with E-state index in [1.54, 1.807) is 11.1 Å². The molecule has 2 aromatic rings. The van der Waals surface area contributed by atoms with Gasteiger partial charge in [-0.15, -0.1) is 18.5 Å². The molecule has 3 rings (SSSR count). The summed E-state index contributed by atoms with van der Waals surface area (Å²) in [5, 5.41) is 0. The highest BCUT2D eigenvalue weighted by Gasteiger charge is 2.23. The van der Waals surface area contributed by atoms with E-state index in [1.165, 1.54) is 35.7 Å². The van der Waals surface area contributed by atoms with E-state index in [0.717, 1.165) is 12.1 Å².